The van der Waals surface area contributed by atoms with Crippen molar-refractivity contribution in [2.24, 2.45) is 9.98 Å². The molecule has 2 aromatic carbocycles. The Hall–Kier alpha value is 0.765. The van der Waals surface area contributed by atoms with Crippen molar-refractivity contribution in [3.8, 4) is 0 Å². The maximum atomic E-state index is 5.10. The summed E-state index contributed by atoms with van der Waals surface area (Å²) in [5.74, 6) is 2.34. The van der Waals surface area contributed by atoms with Crippen molar-refractivity contribution in [2.75, 3.05) is 39.4 Å². The number of fused-ring (bicyclic) bond motifs is 1. The van der Waals surface area contributed by atoms with E-state index in [1.54, 1.807) is 0 Å². The minimum absolute atomic E-state index is 0.487. The Labute approximate surface area is 402 Å². The van der Waals surface area contributed by atoms with Gasteiger partial charge in [-0.2, -0.15) is 12.8 Å². The van der Waals surface area contributed by atoms with Crippen molar-refractivity contribution in [3.05, 3.63) is 77.9 Å². The van der Waals surface area contributed by atoms with E-state index < -0.39 is 38.9 Å². The molecule has 0 saturated carbocycles. The van der Waals surface area contributed by atoms with Gasteiger partial charge in [-0.3, -0.25) is 4.99 Å². The van der Waals surface area contributed by atoms with Gasteiger partial charge in [0.25, 0.3) is 0 Å². The van der Waals surface area contributed by atoms with Crippen LogP contribution in [0.25, 0.3) is 0 Å². The molecule has 4 aliphatic rings. The predicted molar refractivity (Wildman–Crippen MR) is 268 cm³/mol. The molecule has 3 saturated heterocycles. The molecule has 4 aliphatic heterocycles. The Kier molecular flexibility index (Phi) is 33.4. The van der Waals surface area contributed by atoms with E-state index in [4.69, 9.17) is 79.8 Å². The fraction of sp³-hybridized carbons (Fsp3) is 0.628. The van der Waals surface area contributed by atoms with Gasteiger partial charge >= 0.3 is 83.1 Å². The average Bonchev–Trinajstić information content (AvgIpc) is 3.95. The first-order chi connectivity index (χ1) is 28.4. The summed E-state index contributed by atoms with van der Waals surface area (Å²) >= 11 is -3.25. The monoisotopic (exact) mass is 1070 g/mol. The van der Waals surface area contributed by atoms with Gasteiger partial charge in [0.15, 0.2) is 5.84 Å². The van der Waals surface area contributed by atoms with E-state index in [0.29, 0.717) is 11.3 Å². The van der Waals surface area contributed by atoms with E-state index in [1.165, 1.54) is 68.0 Å². The summed E-state index contributed by atoms with van der Waals surface area (Å²) in [5.41, 5.74) is 8.87. The molecular formula is C43H73Cl6Cr2N5O2P2+2. The van der Waals surface area contributed by atoms with Crippen LogP contribution in [0.15, 0.2) is 52.4 Å². The predicted octanol–water partition coefficient (Wildman–Crippen LogP) is 15.0. The van der Waals surface area contributed by atoms with Gasteiger partial charge in [0.2, 0.25) is 5.96 Å². The Morgan fingerprint density at radius 3 is 1.60 bits per heavy atom. The molecule has 7 nitrogen and oxygen atoms in total. The first-order valence-electron chi connectivity index (χ1n) is 21.0. The summed E-state index contributed by atoms with van der Waals surface area (Å²) in [6, 6.07) is 14.9. The molecule has 17 heteroatoms. The second-order valence-corrected chi connectivity index (χ2v) is 35.7. The van der Waals surface area contributed by atoms with Gasteiger partial charge in [-0.05, 0) is 100 Å². The van der Waals surface area contributed by atoms with Crippen molar-refractivity contribution < 1.29 is 32.2 Å². The molecule has 6 rings (SSSR count). The normalized spacial score (nSPS) is 16.4. The number of ether oxygens (including phenoxy) is 2. The number of hydrogen-bond acceptors (Lipinski definition) is 6. The van der Waals surface area contributed by atoms with Crippen molar-refractivity contribution in [1.82, 2.24) is 14.7 Å². The second-order valence-electron chi connectivity index (χ2n) is 15.9. The number of hydrogen-bond donors (Lipinski definition) is 1. The molecule has 0 bridgehead atoms. The molecule has 0 aromatic heterocycles. The number of rotatable bonds is 8. The molecular weight excluding hydrogens is 997 g/mol. The van der Waals surface area contributed by atoms with Crippen molar-refractivity contribution in [2.45, 2.75) is 137 Å². The van der Waals surface area contributed by atoms with Gasteiger partial charge < -0.3 is 14.4 Å². The molecule has 3 fully saturated rings. The zero-order valence-electron chi connectivity index (χ0n) is 37.7. The summed E-state index contributed by atoms with van der Waals surface area (Å²) in [7, 11) is 28.3. The number of aryl methyl sites for hydroxylation is 3. The molecule has 0 amide bonds. The van der Waals surface area contributed by atoms with E-state index in [-0.39, 0.29) is 0 Å². The van der Waals surface area contributed by atoms with Crippen LogP contribution in [0.3, 0.4) is 0 Å². The number of halogens is 6. The number of nitrogens with zero attached hydrogens (tertiary/aromatic N) is 4. The minimum atomic E-state index is -1.62. The molecule has 1 N–H and O–H groups in total. The Balaban J connectivity index is 0.000000435. The van der Waals surface area contributed by atoms with E-state index in [2.05, 4.69) is 133 Å². The molecule has 0 unspecified atom stereocenters. The van der Waals surface area contributed by atoms with Crippen LogP contribution in [0.1, 0.15) is 116 Å². The molecule has 344 valence electrons. The van der Waals surface area contributed by atoms with Crippen molar-refractivity contribution in [1.29, 1.82) is 0 Å². The van der Waals surface area contributed by atoms with E-state index in [9.17, 15) is 0 Å². The molecule has 0 spiro atoms. The van der Waals surface area contributed by atoms with Gasteiger partial charge in [-0.15, -0.1) is 0 Å². The van der Waals surface area contributed by atoms with Crippen LogP contribution < -0.4 is 5.09 Å². The standard InChI is InChI=1S/C22H31N2P.C13H26N3P.2C4H7O.6ClH.2Cr/c1-15(2)25(16(3)4)24-22(20-11-9-8-10-12-20)23-21-18(6)13-17(5)14-19(21)7;1-11(2)17(12(3)4)16-10-6-9-15-8-5-7-14-13(15)16;2*1-2-4-5-3-1;;;;;;;;/h8-16H,1-7H3,(H,23,24);11-12H,5-10H2,1-4H3;2*3H,1-2,4H2;6*1H;;/q;;2*-1;;;;;;;2*+4/p-4. The topological polar surface area (TPSA) is 61.7 Å². The first kappa shape index (κ1) is 58.8. The Morgan fingerprint density at radius 2 is 1.20 bits per heavy atom. The number of nitrogens with one attached hydrogen (secondary N) is 1. The third-order valence-electron chi connectivity index (χ3n) is 9.49. The van der Waals surface area contributed by atoms with Gasteiger partial charge in [-0.1, -0.05) is 60.9 Å². The number of benzene rings is 2. The van der Waals surface area contributed by atoms with Crippen LogP contribution in [-0.4, -0.2) is 83.4 Å². The number of aliphatic imine (C=N–C) groups is 2. The average molecular weight is 1070 g/mol. The zero-order valence-corrected chi connectivity index (χ0v) is 46.8. The molecule has 0 aliphatic carbocycles. The van der Waals surface area contributed by atoms with Gasteiger partial charge in [0.1, 0.15) is 8.07 Å². The van der Waals surface area contributed by atoms with Crippen LogP contribution in [0.2, 0.25) is 0 Å². The van der Waals surface area contributed by atoms with Gasteiger partial charge in [-0.25, -0.2) is 28.0 Å². The van der Waals surface area contributed by atoms with E-state index in [1.807, 2.05) is 13.2 Å². The third kappa shape index (κ3) is 25.5. The molecule has 0 atom stereocenters. The van der Waals surface area contributed by atoms with E-state index in [0.717, 1.165) is 61.0 Å². The zero-order chi connectivity index (χ0) is 45.2. The van der Waals surface area contributed by atoms with E-state index >= 15 is 0 Å². The SMILES string of the molecule is CC(C)[PH+](C(C)C)N1CCCN2CCCN=C21.Cc1cc(C)c(N=C(N[PH+](C(C)C)C(C)C)c2ccccc2)c(C)c1.[CH-]1CCCO1.[CH-]1CCCO1.[Cl][Cr+]([Cl])[Cl].[Cl][Cr+]([Cl])[Cl]. The molecule has 2 aromatic rings. The van der Waals surface area contributed by atoms with Crippen LogP contribution in [0.5, 0.6) is 0 Å². The van der Waals surface area contributed by atoms with Crippen LogP contribution in [0.4, 0.5) is 5.69 Å². The first-order valence-corrected chi connectivity index (χ1v) is 34.8. The third-order valence-corrected chi connectivity index (χ3v) is 15.9. The van der Waals surface area contributed by atoms with Crippen molar-refractivity contribution in [3.63, 3.8) is 0 Å². The second kappa shape index (κ2) is 34.1. The Bertz CT molecular complexity index is 1420. The maximum absolute atomic E-state index is 5.10. The summed E-state index contributed by atoms with van der Waals surface area (Å²) in [5, 5.41) is 3.84. The van der Waals surface area contributed by atoms with Crippen LogP contribution in [-0.2, 0) is 32.2 Å². The number of guanidine groups is 1. The molecule has 4 heterocycles. The Morgan fingerprint density at radius 1 is 0.717 bits per heavy atom. The van der Waals surface area contributed by atoms with Gasteiger partial charge in [0.05, 0.1) is 42.9 Å². The van der Waals surface area contributed by atoms with Crippen molar-refractivity contribution >= 4 is 93.9 Å². The van der Waals surface area contributed by atoms with Crippen LogP contribution >= 0.6 is 76.4 Å². The summed E-state index contributed by atoms with van der Waals surface area (Å²) in [6.07, 6.45) is 7.30. The molecule has 0 radical (unpaired) electrons. The van der Waals surface area contributed by atoms with Crippen LogP contribution in [0, 0.1) is 34.0 Å². The summed E-state index contributed by atoms with van der Waals surface area (Å²) < 4.78 is 12.3. The fourth-order valence-corrected chi connectivity index (χ4v) is 13.1. The van der Waals surface area contributed by atoms with Gasteiger partial charge in [0, 0.05) is 38.4 Å². The number of amidine groups is 1. The molecule has 60 heavy (non-hydrogen) atoms. The fourth-order valence-electron chi connectivity index (χ4n) is 7.31. The summed E-state index contributed by atoms with van der Waals surface area (Å²) in [4.78, 5) is 12.4. The summed E-state index contributed by atoms with van der Waals surface area (Å²) in [6.45, 7) is 35.6. The quantitative estimate of drug-likeness (QED) is 0.124.